The van der Waals surface area contributed by atoms with Crippen molar-refractivity contribution in [2.75, 3.05) is 16.8 Å². The van der Waals surface area contributed by atoms with Crippen molar-refractivity contribution in [2.24, 2.45) is 5.92 Å². The molecule has 0 unspecified atom stereocenters. The summed E-state index contributed by atoms with van der Waals surface area (Å²) in [4.78, 5) is 27.8. The predicted octanol–water partition coefficient (Wildman–Crippen LogP) is 4.40. The molecule has 5 heteroatoms. The Labute approximate surface area is 158 Å². The Morgan fingerprint density at radius 2 is 2.08 bits per heavy atom. The van der Waals surface area contributed by atoms with Crippen molar-refractivity contribution < 1.29 is 9.59 Å². The normalized spacial score (nSPS) is 15.8. The number of nitrogens with one attached hydrogen (secondary N) is 1. The molecule has 2 amide bonds. The van der Waals surface area contributed by atoms with Crippen LogP contribution in [0.5, 0.6) is 0 Å². The van der Waals surface area contributed by atoms with E-state index in [1.54, 1.807) is 11.3 Å². The summed E-state index contributed by atoms with van der Waals surface area (Å²) in [7, 11) is 0. The van der Waals surface area contributed by atoms with Crippen LogP contribution in [-0.2, 0) is 22.4 Å². The summed E-state index contributed by atoms with van der Waals surface area (Å²) in [6.07, 6.45) is 6.48. The summed E-state index contributed by atoms with van der Waals surface area (Å²) in [6, 6.07) is 10.1. The Morgan fingerprint density at radius 3 is 2.85 bits per heavy atom. The highest BCUT2D eigenvalue weighted by molar-refractivity contribution is 7.09. The lowest BCUT2D eigenvalue weighted by Gasteiger charge is -2.17. The zero-order valence-electron chi connectivity index (χ0n) is 14.9. The average molecular weight is 369 g/mol. The van der Waals surface area contributed by atoms with Crippen LogP contribution in [0.1, 0.15) is 42.5 Å². The lowest BCUT2D eigenvalue weighted by atomic mass is 10.1. The molecule has 0 atom stereocenters. The van der Waals surface area contributed by atoms with Crippen molar-refractivity contribution in [3.05, 3.63) is 46.2 Å². The second-order valence-corrected chi connectivity index (χ2v) is 8.22. The molecule has 2 heterocycles. The molecule has 2 aromatic rings. The number of thiophene rings is 1. The van der Waals surface area contributed by atoms with Crippen molar-refractivity contribution in [3.8, 4) is 0 Å². The molecule has 4 rings (SSSR count). The summed E-state index contributed by atoms with van der Waals surface area (Å²) < 4.78 is 0. The number of hydrogen-bond donors (Lipinski definition) is 1. The molecule has 0 spiro atoms. The van der Waals surface area contributed by atoms with Gasteiger partial charge in [0.2, 0.25) is 11.8 Å². The molecule has 26 heavy (non-hydrogen) atoms. The minimum atomic E-state index is 0.0695. The van der Waals surface area contributed by atoms with Gasteiger partial charge >= 0.3 is 0 Å². The van der Waals surface area contributed by atoms with Crippen LogP contribution < -0.4 is 10.2 Å². The van der Waals surface area contributed by atoms with Crippen LogP contribution in [-0.4, -0.2) is 18.4 Å². The van der Waals surface area contributed by atoms with Crippen molar-refractivity contribution in [1.29, 1.82) is 0 Å². The molecule has 1 aliphatic heterocycles. The van der Waals surface area contributed by atoms with Crippen molar-refractivity contribution in [1.82, 2.24) is 0 Å². The number of benzene rings is 1. The standard InChI is InChI=1S/C21H24N2O2S/c24-20(6-2-1-4-18-5-3-13-26-18)22-17-9-10-19-16(14-17)11-12-23(19)21(25)15-7-8-15/h3,5,9-10,13-15H,1-2,4,6-8,11-12H2,(H,22,24). The third kappa shape index (κ3) is 3.98. The molecule has 2 aliphatic rings. The molecule has 136 valence electrons. The van der Waals surface area contributed by atoms with Gasteiger partial charge in [-0.05, 0) is 73.7 Å². The van der Waals surface area contributed by atoms with E-state index in [1.807, 2.05) is 23.1 Å². The lowest BCUT2D eigenvalue weighted by molar-refractivity contribution is -0.119. The summed E-state index contributed by atoms with van der Waals surface area (Å²) >= 11 is 1.77. The Kier molecular flexibility index (Phi) is 5.07. The predicted molar refractivity (Wildman–Crippen MR) is 106 cm³/mol. The van der Waals surface area contributed by atoms with E-state index in [-0.39, 0.29) is 17.7 Å². The molecule has 0 saturated heterocycles. The second-order valence-electron chi connectivity index (χ2n) is 7.19. The first-order chi connectivity index (χ1) is 12.7. The zero-order valence-corrected chi connectivity index (χ0v) is 15.7. The topological polar surface area (TPSA) is 49.4 Å². The number of carbonyl (C=O) groups excluding carboxylic acids is 2. The number of nitrogens with zero attached hydrogens (tertiary/aromatic N) is 1. The molecular formula is C21H24N2O2S. The number of rotatable bonds is 7. The van der Waals surface area contributed by atoms with Crippen LogP contribution in [0, 0.1) is 5.92 Å². The number of hydrogen-bond acceptors (Lipinski definition) is 3. The minimum absolute atomic E-state index is 0.0695. The molecule has 1 aliphatic carbocycles. The molecular weight excluding hydrogens is 344 g/mol. The molecule has 1 N–H and O–H groups in total. The number of aryl methyl sites for hydroxylation is 1. The Balaban J connectivity index is 1.27. The first kappa shape index (κ1) is 17.3. The highest BCUT2D eigenvalue weighted by Crippen LogP contribution is 2.37. The molecule has 0 radical (unpaired) electrons. The number of fused-ring (bicyclic) bond motifs is 1. The fourth-order valence-electron chi connectivity index (χ4n) is 3.52. The number of amides is 2. The summed E-state index contributed by atoms with van der Waals surface area (Å²) in [5.41, 5.74) is 3.03. The van der Waals surface area contributed by atoms with E-state index in [2.05, 4.69) is 22.8 Å². The zero-order chi connectivity index (χ0) is 17.9. The highest BCUT2D eigenvalue weighted by Gasteiger charge is 2.36. The molecule has 0 bridgehead atoms. The Bertz CT molecular complexity index is 796. The molecule has 1 saturated carbocycles. The molecule has 1 aromatic heterocycles. The van der Waals surface area contributed by atoms with Gasteiger partial charge in [-0.25, -0.2) is 0 Å². The van der Waals surface area contributed by atoms with Gasteiger partial charge in [0, 0.05) is 35.1 Å². The molecule has 4 nitrogen and oxygen atoms in total. The van der Waals surface area contributed by atoms with Crippen LogP contribution >= 0.6 is 11.3 Å². The number of carbonyl (C=O) groups is 2. The van der Waals surface area contributed by atoms with E-state index in [0.717, 1.165) is 62.0 Å². The Morgan fingerprint density at radius 1 is 1.19 bits per heavy atom. The fourth-order valence-corrected chi connectivity index (χ4v) is 4.27. The van der Waals surface area contributed by atoms with Crippen molar-refractivity contribution in [2.45, 2.75) is 44.9 Å². The molecule has 1 aromatic carbocycles. The van der Waals surface area contributed by atoms with Gasteiger partial charge in [-0.2, -0.15) is 0 Å². The maximum absolute atomic E-state index is 12.3. The van der Waals surface area contributed by atoms with Crippen LogP contribution in [0.15, 0.2) is 35.7 Å². The van der Waals surface area contributed by atoms with Crippen LogP contribution in [0.3, 0.4) is 0 Å². The first-order valence-corrected chi connectivity index (χ1v) is 10.4. The van der Waals surface area contributed by atoms with Crippen molar-refractivity contribution >= 4 is 34.5 Å². The third-order valence-electron chi connectivity index (χ3n) is 5.11. The SMILES string of the molecule is O=C(CCCCc1cccs1)Nc1ccc2c(c1)CCN2C(=O)C1CC1. The van der Waals surface area contributed by atoms with Gasteiger partial charge in [0.1, 0.15) is 0 Å². The van der Waals surface area contributed by atoms with Gasteiger partial charge in [0.05, 0.1) is 0 Å². The highest BCUT2D eigenvalue weighted by atomic mass is 32.1. The van der Waals surface area contributed by atoms with E-state index in [0.29, 0.717) is 6.42 Å². The van der Waals surface area contributed by atoms with Crippen LogP contribution in [0.2, 0.25) is 0 Å². The van der Waals surface area contributed by atoms with E-state index < -0.39 is 0 Å². The van der Waals surface area contributed by atoms with Gasteiger partial charge in [-0.1, -0.05) is 6.07 Å². The quantitative estimate of drug-likeness (QED) is 0.737. The van der Waals surface area contributed by atoms with Gasteiger partial charge in [-0.15, -0.1) is 11.3 Å². The van der Waals surface area contributed by atoms with Crippen molar-refractivity contribution in [3.63, 3.8) is 0 Å². The maximum Gasteiger partial charge on any atom is 0.230 e. The summed E-state index contributed by atoms with van der Waals surface area (Å²) in [5, 5.41) is 5.10. The molecule has 1 fully saturated rings. The number of unbranched alkanes of at least 4 members (excludes halogenated alkanes) is 1. The average Bonchev–Trinajstić information content (AvgIpc) is 3.20. The van der Waals surface area contributed by atoms with Gasteiger partial charge in [0.25, 0.3) is 0 Å². The first-order valence-electron chi connectivity index (χ1n) is 9.47. The fraction of sp³-hybridized carbons (Fsp3) is 0.429. The smallest absolute Gasteiger partial charge is 0.230 e. The Hall–Kier alpha value is -2.14. The lowest BCUT2D eigenvalue weighted by Crippen LogP contribution is -2.30. The van der Waals surface area contributed by atoms with E-state index in [4.69, 9.17) is 0 Å². The monoisotopic (exact) mass is 368 g/mol. The van der Waals surface area contributed by atoms with Crippen LogP contribution in [0.25, 0.3) is 0 Å². The van der Waals surface area contributed by atoms with E-state index >= 15 is 0 Å². The van der Waals surface area contributed by atoms with Gasteiger partial charge in [0.15, 0.2) is 0 Å². The van der Waals surface area contributed by atoms with Gasteiger partial charge < -0.3 is 10.2 Å². The maximum atomic E-state index is 12.3. The van der Waals surface area contributed by atoms with Crippen LogP contribution in [0.4, 0.5) is 11.4 Å². The van der Waals surface area contributed by atoms with E-state index in [9.17, 15) is 9.59 Å². The van der Waals surface area contributed by atoms with E-state index in [1.165, 1.54) is 4.88 Å². The van der Waals surface area contributed by atoms with Gasteiger partial charge in [-0.3, -0.25) is 9.59 Å². The number of anilines is 2. The largest absolute Gasteiger partial charge is 0.326 e. The second kappa shape index (κ2) is 7.62. The minimum Gasteiger partial charge on any atom is -0.326 e. The summed E-state index contributed by atoms with van der Waals surface area (Å²) in [6.45, 7) is 0.769. The third-order valence-corrected chi connectivity index (χ3v) is 6.04. The summed E-state index contributed by atoms with van der Waals surface area (Å²) in [5.74, 6) is 0.584.